The number of nitrogens with one attached hydrogen (secondary N) is 1. The van der Waals surface area contributed by atoms with Gasteiger partial charge in [-0.1, -0.05) is 18.3 Å². The smallest absolute Gasteiger partial charge is 0.324 e. The van der Waals surface area contributed by atoms with E-state index in [9.17, 15) is 9.59 Å². The summed E-state index contributed by atoms with van der Waals surface area (Å²) < 4.78 is 0.934. The highest BCUT2D eigenvalue weighted by atomic mass is 32.2. The van der Waals surface area contributed by atoms with Gasteiger partial charge in [-0.05, 0) is 50.9 Å². The number of urea groups is 1. The van der Waals surface area contributed by atoms with Crippen molar-refractivity contribution in [2.75, 3.05) is 11.1 Å². The third-order valence-corrected chi connectivity index (χ3v) is 7.45. The number of aromatic nitrogens is 1. The molecule has 0 atom stereocenters. The summed E-state index contributed by atoms with van der Waals surface area (Å²) in [6.07, 6.45) is 9.84. The van der Waals surface area contributed by atoms with Crippen LogP contribution in [0, 0.1) is 5.92 Å². The Hall–Kier alpha value is -1.28. The number of hydrogen-bond acceptors (Lipinski definition) is 5. The van der Waals surface area contributed by atoms with Gasteiger partial charge in [-0.15, -0.1) is 11.8 Å². The van der Waals surface area contributed by atoms with Crippen LogP contribution in [0.3, 0.4) is 0 Å². The van der Waals surface area contributed by atoms with Gasteiger partial charge >= 0.3 is 12.0 Å². The summed E-state index contributed by atoms with van der Waals surface area (Å²) in [4.78, 5) is 29.9. The maximum atomic E-state index is 12.9. The molecule has 0 spiro atoms. The van der Waals surface area contributed by atoms with Crippen molar-refractivity contribution in [2.45, 2.75) is 74.6 Å². The van der Waals surface area contributed by atoms with Crippen LogP contribution in [0.15, 0.2) is 10.4 Å². The number of rotatable bonds is 7. The molecular formula is C18H27N3O3S2. The Kier molecular flexibility index (Phi) is 6.80. The number of anilines is 1. The van der Waals surface area contributed by atoms with E-state index in [0.29, 0.717) is 23.0 Å². The Bertz CT molecular complexity index is 625. The van der Waals surface area contributed by atoms with Gasteiger partial charge in [0.2, 0.25) is 0 Å². The second-order valence-corrected chi connectivity index (χ2v) is 9.74. The summed E-state index contributed by atoms with van der Waals surface area (Å²) in [6, 6.07) is 0.698. The first-order valence-electron chi connectivity index (χ1n) is 9.42. The second kappa shape index (κ2) is 9.08. The van der Waals surface area contributed by atoms with Crippen LogP contribution in [-0.4, -0.2) is 44.8 Å². The minimum absolute atomic E-state index is 0.0225. The van der Waals surface area contributed by atoms with Crippen molar-refractivity contribution in [3.8, 4) is 0 Å². The summed E-state index contributed by atoms with van der Waals surface area (Å²) >= 11 is 2.88. The maximum Gasteiger partial charge on any atom is 0.324 e. The molecule has 8 heteroatoms. The highest BCUT2D eigenvalue weighted by Crippen LogP contribution is 2.35. The Morgan fingerprint density at radius 2 is 1.96 bits per heavy atom. The Labute approximate surface area is 162 Å². The number of aliphatic carboxylic acids is 1. The molecule has 6 nitrogen and oxygen atoms in total. The number of carbonyl (C=O) groups excluding carboxylic acids is 1. The molecule has 0 saturated heterocycles. The van der Waals surface area contributed by atoms with Gasteiger partial charge in [0.15, 0.2) is 5.13 Å². The molecular weight excluding hydrogens is 370 g/mol. The zero-order chi connectivity index (χ0) is 18.5. The standard InChI is InChI=1S/C18H27N3O3S2/c1-12-5-7-14(8-6-12)21(13-3-2-4-13)18(24)20-17-19-11-16(26-17)25-10-9-15(22)23/h11-14H,2-10H2,1H3,(H,22,23)(H,19,20,24). The number of amides is 2. The molecule has 0 unspecified atom stereocenters. The molecule has 1 aromatic heterocycles. The van der Waals surface area contributed by atoms with E-state index in [1.54, 1.807) is 6.20 Å². The lowest BCUT2D eigenvalue weighted by Gasteiger charge is -2.44. The average molecular weight is 398 g/mol. The fourth-order valence-corrected chi connectivity index (χ4v) is 5.46. The topological polar surface area (TPSA) is 82.5 Å². The summed E-state index contributed by atoms with van der Waals surface area (Å²) in [6.45, 7) is 2.29. The van der Waals surface area contributed by atoms with Crippen molar-refractivity contribution in [3.63, 3.8) is 0 Å². The van der Waals surface area contributed by atoms with Gasteiger partial charge in [0, 0.05) is 17.8 Å². The van der Waals surface area contributed by atoms with Crippen LogP contribution < -0.4 is 5.32 Å². The third-order valence-electron chi connectivity index (χ3n) is 5.34. The van der Waals surface area contributed by atoms with Crippen molar-refractivity contribution in [2.24, 2.45) is 5.92 Å². The number of carboxylic acid groups (broad SMARTS) is 1. The van der Waals surface area contributed by atoms with Gasteiger partial charge in [-0.3, -0.25) is 10.1 Å². The maximum absolute atomic E-state index is 12.9. The minimum Gasteiger partial charge on any atom is -0.481 e. The summed E-state index contributed by atoms with van der Waals surface area (Å²) in [5, 5.41) is 12.3. The average Bonchev–Trinajstić information content (AvgIpc) is 2.98. The van der Waals surface area contributed by atoms with Crippen LogP contribution >= 0.6 is 23.1 Å². The van der Waals surface area contributed by atoms with E-state index in [1.165, 1.54) is 42.4 Å². The Morgan fingerprint density at radius 1 is 1.27 bits per heavy atom. The molecule has 2 aliphatic rings. The molecule has 0 radical (unpaired) electrons. The molecule has 26 heavy (non-hydrogen) atoms. The van der Waals surface area contributed by atoms with E-state index in [4.69, 9.17) is 5.11 Å². The first-order chi connectivity index (χ1) is 12.5. The number of thiazole rings is 1. The molecule has 0 bridgehead atoms. The third kappa shape index (κ3) is 5.13. The van der Waals surface area contributed by atoms with Gasteiger partial charge in [0.05, 0.1) is 16.8 Å². The van der Waals surface area contributed by atoms with E-state index < -0.39 is 5.97 Å². The molecule has 2 aliphatic carbocycles. The summed E-state index contributed by atoms with van der Waals surface area (Å²) in [5.41, 5.74) is 0. The highest BCUT2D eigenvalue weighted by molar-refractivity contribution is 8.01. The first kappa shape index (κ1) is 19.5. The normalized spacial score (nSPS) is 23.3. The van der Waals surface area contributed by atoms with E-state index in [0.717, 1.165) is 35.8 Å². The van der Waals surface area contributed by atoms with Crippen LogP contribution in [0.25, 0.3) is 0 Å². The fraction of sp³-hybridized carbons (Fsp3) is 0.722. The molecule has 2 amide bonds. The zero-order valence-corrected chi connectivity index (χ0v) is 16.8. The molecule has 1 heterocycles. The highest BCUT2D eigenvalue weighted by Gasteiger charge is 2.36. The van der Waals surface area contributed by atoms with Gasteiger partial charge in [-0.25, -0.2) is 9.78 Å². The monoisotopic (exact) mass is 397 g/mol. The summed E-state index contributed by atoms with van der Waals surface area (Å²) in [5.74, 6) is 0.481. The molecule has 2 N–H and O–H groups in total. The zero-order valence-electron chi connectivity index (χ0n) is 15.1. The molecule has 144 valence electrons. The van der Waals surface area contributed by atoms with Gasteiger partial charge in [0.25, 0.3) is 0 Å². The lowest BCUT2D eigenvalue weighted by molar-refractivity contribution is -0.136. The lowest BCUT2D eigenvalue weighted by atomic mass is 9.83. The van der Waals surface area contributed by atoms with E-state index >= 15 is 0 Å². The number of nitrogens with zero attached hydrogens (tertiary/aromatic N) is 2. The van der Waals surface area contributed by atoms with E-state index in [2.05, 4.69) is 22.1 Å². The van der Waals surface area contributed by atoms with Crippen LogP contribution in [0.5, 0.6) is 0 Å². The van der Waals surface area contributed by atoms with E-state index in [1.807, 2.05) is 0 Å². The molecule has 0 aliphatic heterocycles. The van der Waals surface area contributed by atoms with Gasteiger partial charge < -0.3 is 10.0 Å². The Morgan fingerprint density at radius 3 is 2.58 bits per heavy atom. The van der Waals surface area contributed by atoms with Crippen molar-refractivity contribution in [1.82, 2.24) is 9.88 Å². The summed E-state index contributed by atoms with van der Waals surface area (Å²) in [7, 11) is 0. The van der Waals surface area contributed by atoms with Gasteiger partial charge in [-0.2, -0.15) is 0 Å². The van der Waals surface area contributed by atoms with Crippen molar-refractivity contribution < 1.29 is 14.7 Å². The number of hydrogen-bond donors (Lipinski definition) is 2. The fourth-order valence-electron chi connectivity index (χ4n) is 3.59. The van der Waals surface area contributed by atoms with Crippen LogP contribution in [-0.2, 0) is 4.79 Å². The van der Waals surface area contributed by atoms with Crippen LogP contribution in [0.1, 0.15) is 58.3 Å². The molecule has 0 aromatic carbocycles. The van der Waals surface area contributed by atoms with Crippen molar-refractivity contribution >= 4 is 40.2 Å². The SMILES string of the molecule is CC1CCC(N(C(=O)Nc2ncc(SCCC(=O)O)s2)C2CCC2)CC1. The number of carboxylic acids is 1. The predicted octanol–water partition coefficient (Wildman–Crippen LogP) is 4.68. The number of thioether (sulfide) groups is 1. The second-order valence-electron chi connectivity index (χ2n) is 7.31. The molecule has 2 saturated carbocycles. The van der Waals surface area contributed by atoms with Crippen LogP contribution in [0.2, 0.25) is 0 Å². The number of carbonyl (C=O) groups is 2. The largest absolute Gasteiger partial charge is 0.481 e. The van der Waals surface area contributed by atoms with Gasteiger partial charge in [0.1, 0.15) is 0 Å². The van der Waals surface area contributed by atoms with E-state index in [-0.39, 0.29) is 12.5 Å². The molecule has 2 fully saturated rings. The Balaban J connectivity index is 1.57. The quantitative estimate of drug-likeness (QED) is 0.653. The lowest BCUT2D eigenvalue weighted by Crippen LogP contribution is -2.52. The van der Waals surface area contributed by atoms with Crippen LogP contribution in [0.4, 0.5) is 9.93 Å². The molecule has 1 aromatic rings. The van der Waals surface area contributed by atoms with Crippen molar-refractivity contribution in [3.05, 3.63) is 6.20 Å². The molecule has 3 rings (SSSR count). The minimum atomic E-state index is -0.798. The van der Waals surface area contributed by atoms with Crippen molar-refractivity contribution in [1.29, 1.82) is 0 Å². The predicted molar refractivity (Wildman–Crippen MR) is 105 cm³/mol. The first-order valence-corrected chi connectivity index (χ1v) is 11.2.